The number of pyridine rings is 1. The highest BCUT2D eigenvalue weighted by molar-refractivity contribution is 5.85. The van der Waals surface area contributed by atoms with Gasteiger partial charge in [-0.2, -0.15) is 0 Å². The molecular weight excluding hydrogens is 222 g/mol. The predicted octanol–water partition coefficient (Wildman–Crippen LogP) is 1.59. The zero-order valence-corrected chi connectivity index (χ0v) is 10.5. The lowest BCUT2D eigenvalue weighted by molar-refractivity contribution is 0.317. The second-order valence-corrected chi connectivity index (χ2v) is 4.43. The maximum Gasteiger partial charge on any atom is 0.0315 e. The van der Waals surface area contributed by atoms with E-state index in [2.05, 4.69) is 22.9 Å². The van der Waals surface area contributed by atoms with Crippen LogP contribution in [-0.4, -0.2) is 29.5 Å². The van der Waals surface area contributed by atoms with Gasteiger partial charge in [0.1, 0.15) is 0 Å². The number of rotatable bonds is 3. The number of nitrogens with zero attached hydrogens (tertiary/aromatic N) is 2. The fourth-order valence-corrected chi connectivity index (χ4v) is 2.15. The van der Waals surface area contributed by atoms with E-state index in [0.29, 0.717) is 5.92 Å². The smallest absolute Gasteiger partial charge is 0.0315 e. The van der Waals surface area contributed by atoms with Crippen LogP contribution in [0, 0.1) is 12.8 Å². The predicted molar refractivity (Wildman–Crippen MR) is 68.7 cm³/mol. The minimum absolute atomic E-state index is 0. The van der Waals surface area contributed by atoms with Crippen molar-refractivity contribution in [3.05, 3.63) is 29.6 Å². The van der Waals surface area contributed by atoms with E-state index in [1.165, 1.54) is 24.1 Å². The Hall–Kier alpha value is -0.640. The van der Waals surface area contributed by atoms with E-state index in [4.69, 9.17) is 5.73 Å². The molecule has 1 unspecified atom stereocenters. The van der Waals surface area contributed by atoms with Crippen molar-refractivity contribution in [1.29, 1.82) is 0 Å². The summed E-state index contributed by atoms with van der Waals surface area (Å²) in [6, 6.07) is 2.08. The largest absolute Gasteiger partial charge is 0.330 e. The molecule has 1 aliphatic rings. The van der Waals surface area contributed by atoms with E-state index >= 15 is 0 Å². The van der Waals surface area contributed by atoms with Crippen LogP contribution in [0.5, 0.6) is 0 Å². The Bertz CT molecular complexity index is 330. The quantitative estimate of drug-likeness (QED) is 0.874. The number of hydrogen-bond donors (Lipinski definition) is 1. The summed E-state index contributed by atoms with van der Waals surface area (Å²) < 4.78 is 0. The summed E-state index contributed by atoms with van der Waals surface area (Å²) in [5, 5.41) is 0. The van der Waals surface area contributed by atoms with Gasteiger partial charge in [0.25, 0.3) is 0 Å². The van der Waals surface area contributed by atoms with Crippen LogP contribution in [-0.2, 0) is 6.54 Å². The first-order chi connectivity index (χ1) is 7.29. The van der Waals surface area contributed by atoms with E-state index in [1.54, 1.807) is 0 Å². The average Bonchev–Trinajstić information content (AvgIpc) is 2.69. The van der Waals surface area contributed by atoms with E-state index < -0.39 is 0 Å². The molecule has 2 N–H and O–H groups in total. The van der Waals surface area contributed by atoms with Crippen molar-refractivity contribution < 1.29 is 0 Å². The number of halogens is 1. The van der Waals surface area contributed by atoms with Gasteiger partial charge in [-0.25, -0.2) is 0 Å². The Morgan fingerprint density at radius 3 is 3.00 bits per heavy atom. The van der Waals surface area contributed by atoms with Gasteiger partial charge in [-0.05, 0) is 49.5 Å². The fraction of sp³-hybridized carbons (Fsp3) is 0.583. The Labute approximate surface area is 103 Å². The summed E-state index contributed by atoms with van der Waals surface area (Å²) >= 11 is 0. The zero-order chi connectivity index (χ0) is 10.7. The van der Waals surface area contributed by atoms with Crippen molar-refractivity contribution in [1.82, 2.24) is 9.88 Å². The van der Waals surface area contributed by atoms with Crippen LogP contribution in [0.25, 0.3) is 0 Å². The summed E-state index contributed by atoms with van der Waals surface area (Å²) in [5.74, 6) is 0.696. The van der Waals surface area contributed by atoms with Gasteiger partial charge in [0.2, 0.25) is 0 Å². The maximum absolute atomic E-state index is 5.68. The second-order valence-electron chi connectivity index (χ2n) is 4.43. The molecule has 3 nitrogen and oxygen atoms in total. The van der Waals surface area contributed by atoms with Gasteiger partial charge in [0.15, 0.2) is 0 Å². The van der Waals surface area contributed by atoms with Gasteiger partial charge in [-0.3, -0.25) is 9.88 Å². The lowest BCUT2D eigenvalue weighted by Gasteiger charge is -2.16. The summed E-state index contributed by atoms with van der Waals surface area (Å²) in [6.07, 6.45) is 5.08. The first-order valence-corrected chi connectivity index (χ1v) is 5.61. The highest BCUT2D eigenvalue weighted by atomic mass is 35.5. The first kappa shape index (κ1) is 13.4. The van der Waals surface area contributed by atoms with Gasteiger partial charge < -0.3 is 5.73 Å². The first-order valence-electron chi connectivity index (χ1n) is 5.61. The third kappa shape index (κ3) is 3.17. The molecule has 1 aliphatic heterocycles. The van der Waals surface area contributed by atoms with Crippen LogP contribution >= 0.6 is 12.4 Å². The van der Waals surface area contributed by atoms with Crippen LogP contribution in [0.3, 0.4) is 0 Å². The van der Waals surface area contributed by atoms with E-state index in [1.807, 2.05) is 12.4 Å². The number of likely N-dealkylation sites (tertiary alicyclic amines) is 1. The molecule has 0 spiro atoms. The third-order valence-corrected chi connectivity index (χ3v) is 3.24. The monoisotopic (exact) mass is 241 g/mol. The molecule has 0 amide bonds. The topological polar surface area (TPSA) is 42.2 Å². The maximum atomic E-state index is 5.68. The second kappa shape index (κ2) is 6.18. The molecule has 0 bridgehead atoms. The summed E-state index contributed by atoms with van der Waals surface area (Å²) in [6.45, 7) is 6.31. The summed E-state index contributed by atoms with van der Waals surface area (Å²) in [5.41, 5.74) is 8.36. The number of aromatic nitrogens is 1. The average molecular weight is 242 g/mol. The van der Waals surface area contributed by atoms with Crippen molar-refractivity contribution in [3.63, 3.8) is 0 Å². The van der Waals surface area contributed by atoms with E-state index in [-0.39, 0.29) is 12.4 Å². The van der Waals surface area contributed by atoms with Crippen LogP contribution in [0.2, 0.25) is 0 Å². The molecular formula is C12H20ClN3. The summed E-state index contributed by atoms with van der Waals surface area (Å²) in [7, 11) is 0. The Morgan fingerprint density at radius 1 is 1.56 bits per heavy atom. The van der Waals surface area contributed by atoms with Crippen LogP contribution < -0.4 is 5.73 Å². The van der Waals surface area contributed by atoms with Gasteiger partial charge >= 0.3 is 0 Å². The standard InChI is InChI=1S/C12H19N3.ClH/c1-10-2-4-14-7-12(10)9-15-5-3-11(6-13)8-15;/h2,4,7,11H,3,5-6,8-9,13H2,1H3;1H. The Morgan fingerprint density at radius 2 is 2.38 bits per heavy atom. The molecule has 0 radical (unpaired) electrons. The Balaban J connectivity index is 0.00000128. The van der Waals surface area contributed by atoms with Crippen molar-refractivity contribution in [2.45, 2.75) is 19.9 Å². The number of aryl methyl sites for hydroxylation is 1. The molecule has 1 fully saturated rings. The Kier molecular flexibility index (Phi) is 5.19. The number of hydrogen-bond acceptors (Lipinski definition) is 3. The van der Waals surface area contributed by atoms with E-state index in [9.17, 15) is 0 Å². The zero-order valence-electron chi connectivity index (χ0n) is 9.72. The molecule has 0 aliphatic carbocycles. The normalized spacial score (nSPS) is 20.8. The third-order valence-electron chi connectivity index (χ3n) is 3.24. The summed E-state index contributed by atoms with van der Waals surface area (Å²) in [4.78, 5) is 6.65. The minimum Gasteiger partial charge on any atom is -0.330 e. The fourth-order valence-electron chi connectivity index (χ4n) is 2.15. The van der Waals surface area contributed by atoms with Crippen molar-refractivity contribution >= 4 is 12.4 Å². The molecule has 16 heavy (non-hydrogen) atoms. The lowest BCUT2D eigenvalue weighted by atomic mass is 10.1. The van der Waals surface area contributed by atoms with E-state index in [0.717, 1.165) is 19.6 Å². The van der Waals surface area contributed by atoms with Crippen molar-refractivity contribution in [2.24, 2.45) is 11.7 Å². The van der Waals surface area contributed by atoms with Crippen LogP contribution in [0.15, 0.2) is 18.5 Å². The molecule has 2 heterocycles. The van der Waals surface area contributed by atoms with Gasteiger partial charge in [0.05, 0.1) is 0 Å². The molecule has 1 saturated heterocycles. The molecule has 90 valence electrons. The minimum atomic E-state index is 0. The molecule has 0 aromatic carbocycles. The molecule has 1 atom stereocenters. The van der Waals surface area contributed by atoms with Gasteiger partial charge in [-0.1, -0.05) is 0 Å². The van der Waals surface area contributed by atoms with Crippen molar-refractivity contribution in [2.75, 3.05) is 19.6 Å². The number of nitrogens with two attached hydrogens (primary N) is 1. The highest BCUT2D eigenvalue weighted by Gasteiger charge is 2.21. The SMILES string of the molecule is Cc1ccncc1CN1CCC(CN)C1.Cl. The van der Waals surface area contributed by atoms with Crippen LogP contribution in [0.1, 0.15) is 17.5 Å². The molecule has 0 saturated carbocycles. The molecule has 4 heteroatoms. The van der Waals surface area contributed by atoms with Crippen LogP contribution in [0.4, 0.5) is 0 Å². The molecule has 1 aromatic rings. The molecule has 1 aromatic heterocycles. The molecule has 2 rings (SSSR count). The van der Waals surface area contributed by atoms with Gasteiger partial charge in [0, 0.05) is 25.5 Å². The van der Waals surface area contributed by atoms with Crippen molar-refractivity contribution in [3.8, 4) is 0 Å². The highest BCUT2D eigenvalue weighted by Crippen LogP contribution is 2.18. The van der Waals surface area contributed by atoms with Gasteiger partial charge in [-0.15, -0.1) is 12.4 Å². The lowest BCUT2D eigenvalue weighted by Crippen LogP contribution is -2.23.